The molecular formula is C11H22NO3PS. The smallest absolute Gasteiger partial charge is 0.300 e. The molecule has 6 heteroatoms. The zero-order valence-corrected chi connectivity index (χ0v) is 13.2. The Kier molecular flexibility index (Phi) is 6.24. The molecule has 0 aliphatic carbocycles. The molecule has 0 heterocycles. The quantitative estimate of drug-likeness (QED) is 0.550. The third-order valence-corrected chi connectivity index (χ3v) is 4.21. The second-order valence-corrected chi connectivity index (χ2v) is 9.96. The summed E-state index contributed by atoms with van der Waals surface area (Å²) in [6, 6.07) is 0. The molecule has 0 N–H and O–H groups in total. The first-order valence-corrected chi connectivity index (χ1v) is 8.41. The van der Waals surface area contributed by atoms with E-state index in [1.165, 1.54) is 0 Å². The lowest BCUT2D eigenvalue weighted by atomic mass is 9.99. The molecule has 0 aromatic carbocycles. The zero-order valence-electron chi connectivity index (χ0n) is 11.4. The van der Waals surface area contributed by atoms with E-state index in [9.17, 15) is 4.57 Å². The van der Waals surface area contributed by atoms with Crippen LogP contribution in [0.15, 0.2) is 0 Å². The largest absolute Gasteiger partial charge is 0.403 e. The van der Waals surface area contributed by atoms with Gasteiger partial charge in [-0.3, -0.25) is 9.05 Å². The summed E-state index contributed by atoms with van der Waals surface area (Å²) in [5, 5.41) is 10.4. The Morgan fingerprint density at radius 3 is 1.65 bits per heavy atom. The molecule has 0 atom stereocenters. The highest BCUT2D eigenvalue weighted by Crippen LogP contribution is 2.61. The first-order chi connectivity index (χ1) is 7.47. The van der Waals surface area contributed by atoms with Gasteiger partial charge < -0.3 is 0 Å². The van der Waals surface area contributed by atoms with Crippen LogP contribution < -0.4 is 0 Å². The monoisotopic (exact) mass is 279 g/mol. The molecule has 0 radical (unpaired) electrons. The van der Waals surface area contributed by atoms with Crippen molar-refractivity contribution in [1.29, 1.82) is 5.26 Å². The first-order valence-electron chi connectivity index (χ1n) is 5.44. The molecule has 17 heavy (non-hydrogen) atoms. The second-order valence-electron chi connectivity index (χ2n) is 6.30. The van der Waals surface area contributed by atoms with E-state index < -0.39 is 6.80 Å². The summed E-state index contributed by atoms with van der Waals surface area (Å²) in [7, 11) is 0. The zero-order chi connectivity index (χ0) is 13.7. The van der Waals surface area contributed by atoms with Crippen LogP contribution in [0, 0.1) is 21.5 Å². The van der Waals surface area contributed by atoms with Gasteiger partial charge in [-0.1, -0.05) is 41.5 Å². The van der Waals surface area contributed by atoms with Gasteiger partial charge >= 0.3 is 6.80 Å². The van der Waals surface area contributed by atoms with Gasteiger partial charge in [0.2, 0.25) is 0 Å². The Balaban J connectivity index is 4.48. The van der Waals surface area contributed by atoms with Crippen molar-refractivity contribution in [2.75, 3.05) is 13.2 Å². The third-order valence-electron chi connectivity index (χ3n) is 1.46. The summed E-state index contributed by atoms with van der Waals surface area (Å²) in [6.45, 7) is 9.06. The standard InChI is InChI=1S/C11H22NO3PS/c1-10(2,3)7-14-16(13,17-9-12)15-8-11(4,5)6/h7-8H2,1-6H3. The van der Waals surface area contributed by atoms with Crippen LogP contribution in [0.4, 0.5) is 0 Å². The van der Waals surface area contributed by atoms with Gasteiger partial charge in [-0.2, -0.15) is 5.26 Å². The summed E-state index contributed by atoms with van der Waals surface area (Å²) in [6.07, 6.45) is 0. The average Bonchev–Trinajstić information content (AvgIpc) is 2.11. The number of thiocyanates is 1. The average molecular weight is 279 g/mol. The minimum absolute atomic E-state index is 0.114. The van der Waals surface area contributed by atoms with E-state index in [0.29, 0.717) is 24.6 Å². The molecule has 100 valence electrons. The van der Waals surface area contributed by atoms with Crippen molar-refractivity contribution in [1.82, 2.24) is 0 Å². The van der Waals surface area contributed by atoms with Crippen molar-refractivity contribution < 1.29 is 13.6 Å². The fraction of sp³-hybridized carbons (Fsp3) is 0.909. The molecule has 0 fully saturated rings. The predicted molar refractivity (Wildman–Crippen MR) is 71.6 cm³/mol. The van der Waals surface area contributed by atoms with Crippen molar-refractivity contribution in [3.8, 4) is 5.40 Å². The van der Waals surface area contributed by atoms with Crippen LogP contribution in [-0.2, 0) is 13.6 Å². The Morgan fingerprint density at radius 2 is 1.41 bits per heavy atom. The Morgan fingerprint density at radius 1 is 1.06 bits per heavy atom. The molecular weight excluding hydrogens is 257 g/mol. The fourth-order valence-electron chi connectivity index (χ4n) is 0.685. The Hall–Kier alpha value is -0.01000. The number of rotatable bonds is 5. The first kappa shape index (κ1) is 17.0. The number of nitriles is 1. The summed E-state index contributed by atoms with van der Waals surface area (Å²) >= 11 is 0.577. The number of nitrogens with zero attached hydrogens (tertiary/aromatic N) is 1. The minimum atomic E-state index is -3.36. The van der Waals surface area contributed by atoms with Crippen molar-refractivity contribution in [3.05, 3.63) is 0 Å². The Bertz CT molecular complexity index is 303. The van der Waals surface area contributed by atoms with Crippen LogP contribution in [0.1, 0.15) is 41.5 Å². The summed E-state index contributed by atoms with van der Waals surface area (Å²) < 4.78 is 22.8. The van der Waals surface area contributed by atoms with Gasteiger partial charge in [0, 0.05) is 0 Å². The highest BCUT2D eigenvalue weighted by Gasteiger charge is 2.30. The highest BCUT2D eigenvalue weighted by molar-refractivity contribution is 8.57. The lowest BCUT2D eigenvalue weighted by Crippen LogP contribution is -2.16. The van der Waals surface area contributed by atoms with Gasteiger partial charge in [0.25, 0.3) is 0 Å². The van der Waals surface area contributed by atoms with E-state index in [1.54, 1.807) is 5.40 Å². The maximum absolute atomic E-state index is 12.2. The van der Waals surface area contributed by atoms with E-state index in [1.807, 2.05) is 41.5 Å². The van der Waals surface area contributed by atoms with Crippen LogP contribution in [0.5, 0.6) is 0 Å². The van der Waals surface area contributed by atoms with Crippen LogP contribution in [0.25, 0.3) is 0 Å². The highest BCUT2D eigenvalue weighted by atomic mass is 32.7. The van der Waals surface area contributed by atoms with Gasteiger partial charge in [0.15, 0.2) is 0 Å². The molecule has 4 nitrogen and oxygen atoms in total. The molecule has 0 unspecified atom stereocenters. The summed E-state index contributed by atoms with van der Waals surface area (Å²) in [5.41, 5.74) is -0.229. The van der Waals surface area contributed by atoms with E-state index in [2.05, 4.69) is 0 Å². The van der Waals surface area contributed by atoms with Crippen LogP contribution in [0.3, 0.4) is 0 Å². The SMILES string of the molecule is CC(C)(C)COP(=O)(OCC(C)(C)C)SC#N. The van der Waals surface area contributed by atoms with Crippen molar-refractivity contribution in [3.63, 3.8) is 0 Å². The maximum atomic E-state index is 12.2. The lowest BCUT2D eigenvalue weighted by Gasteiger charge is -2.24. The van der Waals surface area contributed by atoms with Gasteiger partial charge in [-0.05, 0) is 10.8 Å². The van der Waals surface area contributed by atoms with E-state index >= 15 is 0 Å². The van der Waals surface area contributed by atoms with Gasteiger partial charge in [0.1, 0.15) is 5.40 Å². The summed E-state index contributed by atoms with van der Waals surface area (Å²) in [4.78, 5) is 0. The molecule has 0 saturated carbocycles. The number of hydrogen-bond donors (Lipinski definition) is 0. The molecule has 0 bridgehead atoms. The van der Waals surface area contributed by atoms with Gasteiger partial charge in [-0.25, -0.2) is 4.57 Å². The van der Waals surface area contributed by atoms with Crippen LogP contribution >= 0.6 is 18.2 Å². The molecule has 0 rings (SSSR count). The van der Waals surface area contributed by atoms with Crippen LogP contribution in [-0.4, -0.2) is 13.2 Å². The molecule has 0 spiro atoms. The van der Waals surface area contributed by atoms with Gasteiger partial charge in [-0.15, -0.1) is 0 Å². The van der Waals surface area contributed by atoms with Gasteiger partial charge in [0.05, 0.1) is 24.6 Å². The Labute approximate surface area is 108 Å². The lowest BCUT2D eigenvalue weighted by molar-refractivity contribution is 0.133. The fourth-order valence-corrected chi connectivity index (χ4v) is 2.99. The minimum Gasteiger partial charge on any atom is -0.300 e. The number of hydrogen-bond acceptors (Lipinski definition) is 5. The van der Waals surface area contributed by atoms with Crippen molar-refractivity contribution >= 4 is 18.2 Å². The molecule has 0 aliphatic rings. The maximum Gasteiger partial charge on any atom is 0.403 e. The summed E-state index contributed by atoms with van der Waals surface area (Å²) in [5.74, 6) is 0. The molecule has 0 amide bonds. The van der Waals surface area contributed by atoms with E-state index in [4.69, 9.17) is 14.3 Å². The normalized spacial score (nSPS) is 13.5. The molecule has 0 aromatic rings. The van der Waals surface area contributed by atoms with Crippen LogP contribution in [0.2, 0.25) is 0 Å². The van der Waals surface area contributed by atoms with E-state index in [-0.39, 0.29) is 10.8 Å². The second kappa shape index (κ2) is 6.24. The molecule has 0 saturated heterocycles. The predicted octanol–water partition coefficient (Wildman–Crippen LogP) is 4.43. The molecule has 0 aromatic heterocycles. The molecule has 0 aliphatic heterocycles. The van der Waals surface area contributed by atoms with Crippen molar-refractivity contribution in [2.45, 2.75) is 41.5 Å². The van der Waals surface area contributed by atoms with E-state index in [0.717, 1.165) is 0 Å². The third kappa shape index (κ3) is 9.67. The topological polar surface area (TPSA) is 59.3 Å². The van der Waals surface area contributed by atoms with Crippen molar-refractivity contribution in [2.24, 2.45) is 10.8 Å².